The third-order valence-electron chi connectivity index (χ3n) is 4.50. The lowest BCUT2D eigenvalue weighted by Crippen LogP contribution is -2.48. The standard InChI is InChI=1S/C19H27N3O4/c1-14(23)15-4-6-16(7-5-15)21-18(25)19(2,3)17(24)20-8-9-22-10-12-26-13-11-22/h4-7H,8-13H2,1-3H3,(H,20,24)(H,21,25). The Labute approximate surface area is 154 Å². The van der Waals surface area contributed by atoms with Crippen LogP contribution in [0, 0.1) is 5.41 Å². The topological polar surface area (TPSA) is 87.7 Å². The quantitative estimate of drug-likeness (QED) is 0.565. The maximum Gasteiger partial charge on any atom is 0.239 e. The lowest BCUT2D eigenvalue weighted by atomic mass is 9.91. The SMILES string of the molecule is CC(=O)c1ccc(NC(=O)C(C)(C)C(=O)NCCN2CCOCC2)cc1. The Kier molecular flexibility index (Phi) is 6.88. The fraction of sp³-hybridized carbons (Fsp3) is 0.526. The molecule has 1 aromatic rings. The van der Waals surface area contributed by atoms with Gasteiger partial charge in [0, 0.05) is 37.4 Å². The number of anilines is 1. The number of Topliss-reactive ketones (excluding diaryl/α,β-unsaturated/α-hetero) is 1. The summed E-state index contributed by atoms with van der Waals surface area (Å²) in [7, 11) is 0. The Balaban J connectivity index is 1.84. The van der Waals surface area contributed by atoms with Crippen molar-refractivity contribution in [2.45, 2.75) is 20.8 Å². The molecule has 2 rings (SSSR count). The second kappa shape index (κ2) is 8.91. The lowest BCUT2D eigenvalue weighted by Gasteiger charge is -2.27. The maximum atomic E-state index is 12.5. The van der Waals surface area contributed by atoms with Gasteiger partial charge in [0.1, 0.15) is 5.41 Å². The molecule has 2 amide bonds. The van der Waals surface area contributed by atoms with E-state index in [2.05, 4.69) is 15.5 Å². The van der Waals surface area contributed by atoms with Crippen molar-refractivity contribution in [3.8, 4) is 0 Å². The van der Waals surface area contributed by atoms with Crippen molar-refractivity contribution < 1.29 is 19.1 Å². The van der Waals surface area contributed by atoms with Gasteiger partial charge >= 0.3 is 0 Å². The van der Waals surface area contributed by atoms with Gasteiger partial charge in [-0.2, -0.15) is 0 Å². The third kappa shape index (κ3) is 5.37. The summed E-state index contributed by atoms with van der Waals surface area (Å²) in [5, 5.41) is 5.57. The average molecular weight is 361 g/mol. The molecule has 0 unspecified atom stereocenters. The van der Waals surface area contributed by atoms with Gasteiger partial charge < -0.3 is 15.4 Å². The number of morpholine rings is 1. The maximum absolute atomic E-state index is 12.5. The van der Waals surface area contributed by atoms with Gasteiger partial charge in [0.15, 0.2) is 5.78 Å². The highest BCUT2D eigenvalue weighted by molar-refractivity contribution is 6.10. The zero-order valence-electron chi connectivity index (χ0n) is 15.6. The van der Waals surface area contributed by atoms with Crippen LogP contribution in [0.2, 0.25) is 0 Å². The van der Waals surface area contributed by atoms with Crippen LogP contribution >= 0.6 is 0 Å². The van der Waals surface area contributed by atoms with Crippen molar-refractivity contribution in [3.63, 3.8) is 0 Å². The van der Waals surface area contributed by atoms with Crippen molar-refractivity contribution >= 4 is 23.3 Å². The molecule has 1 aromatic carbocycles. The van der Waals surface area contributed by atoms with Gasteiger partial charge in [-0.1, -0.05) is 0 Å². The predicted octanol–water partition coefficient (Wildman–Crippen LogP) is 1.30. The number of amides is 2. The van der Waals surface area contributed by atoms with Crippen molar-refractivity contribution in [2.75, 3.05) is 44.7 Å². The first-order valence-corrected chi connectivity index (χ1v) is 8.81. The molecule has 0 bridgehead atoms. The molecule has 0 aromatic heterocycles. The Hall–Kier alpha value is -2.25. The number of ether oxygens (including phenoxy) is 1. The van der Waals surface area contributed by atoms with Crippen LogP contribution in [0.5, 0.6) is 0 Å². The molecule has 26 heavy (non-hydrogen) atoms. The molecule has 0 saturated carbocycles. The van der Waals surface area contributed by atoms with Crippen molar-refractivity contribution in [1.29, 1.82) is 0 Å². The van der Waals surface area contributed by atoms with Gasteiger partial charge in [-0.05, 0) is 45.0 Å². The van der Waals surface area contributed by atoms with E-state index in [9.17, 15) is 14.4 Å². The average Bonchev–Trinajstić information content (AvgIpc) is 2.62. The highest BCUT2D eigenvalue weighted by Crippen LogP contribution is 2.19. The molecule has 7 heteroatoms. The summed E-state index contributed by atoms with van der Waals surface area (Å²) in [6, 6.07) is 6.60. The molecule has 0 aliphatic carbocycles. The van der Waals surface area contributed by atoms with Gasteiger partial charge in [0.2, 0.25) is 11.8 Å². The minimum Gasteiger partial charge on any atom is -0.379 e. The molecule has 0 radical (unpaired) electrons. The van der Waals surface area contributed by atoms with E-state index in [-0.39, 0.29) is 11.7 Å². The number of benzene rings is 1. The number of ketones is 1. The molecular weight excluding hydrogens is 334 g/mol. The summed E-state index contributed by atoms with van der Waals surface area (Å²) >= 11 is 0. The van der Waals surface area contributed by atoms with Crippen LogP contribution in [0.15, 0.2) is 24.3 Å². The summed E-state index contributed by atoms with van der Waals surface area (Å²) in [4.78, 5) is 38.4. The summed E-state index contributed by atoms with van der Waals surface area (Å²) in [5.74, 6) is -0.747. The van der Waals surface area contributed by atoms with E-state index in [0.717, 1.165) is 19.6 Å². The van der Waals surface area contributed by atoms with Crippen molar-refractivity contribution in [2.24, 2.45) is 5.41 Å². The zero-order chi connectivity index (χ0) is 19.2. The van der Waals surface area contributed by atoms with Gasteiger partial charge in [0.05, 0.1) is 13.2 Å². The van der Waals surface area contributed by atoms with Crippen LogP contribution in [-0.2, 0) is 14.3 Å². The second-order valence-electron chi connectivity index (χ2n) is 6.92. The fourth-order valence-electron chi connectivity index (χ4n) is 2.55. The minimum absolute atomic E-state index is 0.0390. The summed E-state index contributed by atoms with van der Waals surface area (Å²) in [6.45, 7) is 9.04. The Morgan fingerprint density at radius 3 is 2.27 bits per heavy atom. The monoisotopic (exact) mass is 361 g/mol. The highest BCUT2D eigenvalue weighted by atomic mass is 16.5. The number of rotatable bonds is 7. The fourth-order valence-corrected chi connectivity index (χ4v) is 2.55. The molecule has 1 heterocycles. The first-order valence-electron chi connectivity index (χ1n) is 8.81. The molecule has 0 spiro atoms. The van der Waals surface area contributed by atoms with E-state index in [1.807, 2.05) is 0 Å². The number of hydrogen-bond acceptors (Lipinski definition) is 5. The normalized spacial score (nSPS) is 15.3. The molecular formula is C19H27N3O4. The first-order chi connectivity index (χ1) is 12.3. The van der Waals surface area contributed by atoms with Gasteiger partial charge in [-0.15, -0.1) is 0 Å². The summed E-state index contributed by atoms with van der Waals surface area (Å²) in [6.07, 6.45) is 0. The van der Waals surface area contributed by atoms with Gasteiger partial charge in [-0.25, -0.2) is 0 Å². The summed E-state index contributed by atoms with van der Waals surface area (Å²) in [5.41, 5.74) is -0.0816. The number of nitrogens with one attached hydrogen (secondary N) is 2. The van der Waals surface area contributed by atoms with Crippen LogP contribution in [0.1, 0.15) is 31.1 Å². The largest absolute Gasteiger partial charge is 0.379 e. The van der Waals surface area contributed by atoms with E-state index in [1.54, 1.807) is 38.1 Å². The van der Waals surface area contributed by atoms with Crippen molar-refractivity contribution in [3.05, 3.63) is 29.8 Å². The molecule has 2 N–H and O–H groups in total. The number of carbonyl (C=O) groups excluding carboxylic acids is 3. The molecule has 1 saturated heterocycles. The first kappa shape index (κ1) is 20.1. The van der Waals surface area contributed by atoms with Crippen molar-refractivity contribution in [1.82, 2.24) is 10.2 Å². The van der Waals surface area contributed by atoms with Gasteiger partial charge in [-0.3, -0.25) is 19.3 Å². The lowest BCUT2D eigenvalue weighted by molar-refractivity contribution is -0.138. The summed E-state index contributed by atoms with van der Waals surface area (Å²) < 4.78 is 5.29. The molecule has 7 nitrogen and oxygen atoms in total. The second-order valence-corrected chi connectivity index (χ2v) is 6.92. The van der Waals surface area contributed by atoms with Gasteiger partial charge in [0.25, 0.3) is 0 Å². The molecule has 142 valence electrons. The van der Waals surface area contributed by atoms with E-state index >= 15 is 0 Å². The number of hydrogen-bond donors (Lipinski definition) is 2. The van der Waals surface area contributed by atoms with Crippen LogP contribution in [-0.4, -0.2) is 61.9 Å². The Morgan fingerprint density at radius 2 is 1.69 bits per heavy atom. The van der Waals surface area contributed by atoms with Crippen LogP contribution in [0.4, 0.5) is 5.69 Å². The van der Waals surface area contributed by atoms with Crippen LogP contribution in [0.25, 0.3) is 0 Å². The van der Waals surface area contributed by atoms with Crippen LogP contribution < -0.4 is 10.6 Å². The number of nitrogens with zero attached hydrogens (tertiary/aromatic N) is 1. The van der Waals surface area contributed by atoms with E-state index in [1.165, 1.54) is 6.92 Å². The Morgan fingerprint density at radius 1 is 1.08 bits per heavy atom. The van der Waals surface area contributed by atoms with E-state index in [0.29, 0.717) is 31.0 Å². The van der Waals surface area contributed by atoms with E-state index in [4.69, 9.17) is 4.74 Å². The zero-order valence-corrected chi connectivity index (χ0v) is 15.6. The molecule has 1 fully saturated rings. The minimum atomic E-state index is -1.20. The molecule has 1 aliphatic heterocycles. The molecule has 0 atom stereocenters. The van der Waals surface area contributed by atoms with Crippen LogP contribution in [0.3, 0.4) is 0 Å². The highest BCUT2D eigenvalue weighted by Gasteiger charge is 2.36. The Bertz CT molecular complexity index is 649. The predicted molar refractivity (Wildman–Crippen MR) is 99.1 cm³/mol. The van der Waals surface area contributed by atoms with E-state index < -0.39 is 11.3 Å². The number of carbonyl (C=O) groups is 3. The smallest absolute Gasteiger partial charge is 0.239 e. The third-order valence-corrected chi connectivity index (χ3v) is 4.50. The molecule has 1 aliphatic rings.